The molecule has 2 fully saturated rings. The van der Waals surface area contributed by atoms with Crippen LogP contribution in [0.2, 0.25) is 0 Å². The molecule has 3 heterocycles. The van der Waals surface area contributed by atoms with Crippen molar-refractivity contribution in [1.29, 1.82) is 0 Å². The van der Waals surface area contributed by atoms with Crippen LogP contribution in [0.3, 0.4) is 0 Å². The lowest BCUT2D eigenvalue weighted by Crippen LogP contribution is -2.39. The van der Waals surface area contributed by atoms with Gasteiger partial charge in [0.1, 0.15) is 5.82 Å². The van der Waals surface area contributed by atoms with Crippen molar-refractivity contribution in [2.45, 2.75) is 38.8 Å². The third-order valence-electron chi connectivity index (χ3n) is 5.43. The minimum Gasteiger partial charge on any atom is -0.391 e. The fraction of sp³-hybridized carbons (Fsp3) is 0.571. The Balaban J connectivity index is 1.70. The van der Waals surface area contributed by atoms with Gasteiger partial charge < -0.3 is 14.7 Å². The summed E-state index contributed by atoms with van der Waals surface area (Å²) in [5.74, 6) is 1.05. The van der Waals surface area contributed by atoms with E-state index in [-0.39, 0.29) is 6.10 Å². The molecule has 0 saturated carbocycles. The second-order valence-corrected chi connectivity index (χ2v) is 7.65. The first-order valence-corrected chi connectivity index (χ1v) is 9.82. The minimum absolute atomic E-state index is 0.251. The molecule has 2 aliphatic rings. The molecule has 1 N–H and O–H groups in total. The van der Waals surface area contributed by atoms with Gasteiger partial charge >= 0.3 is 0 Å². The van der Waals surface area contributed by atoms with Crippen molar-refractivity contribution in [3.05, 3.63) is 35.4 Å². The zero-order valence-corrected chi connectivity index (χ0v) is 15.7. The van der Waals surface area contributed by atoms with E-state index in [1.807, 2.05) is 0 Å². The molecule has 2 aliphatic heterocycles. The molecule has 0 radical (unpaired) electrons. The van der Waals surface area contributed by atoms with Gasteiger partial charge in [-0.2, -0.15) is 0 Å². The topological polar surface area (TPSA) is 48.8 Å². The van der Waals surface area contributed by atoms with Crippen LogP contribution < -0.4 is 4.90 Å². The molecule has 26 heavy (non-hydrogen) atoms. The van der Waals surface area contributed by atoms with Gasteiger partial charge in [-0.05, 0) is 44.4 Å². The molecule has 140 valence electrons. The summed E-state index contributed by atoms with van der Waals surface area (Å²) >= 11 is 0. The van der Waals surface area contributed by atoms with Crippen LogP contribution in [-0.2, 0) is 11.3 Å². The average molecular weight is 355 g/mol. The SMILES string of the molecule is Cc1ccc2nc(N3CCCC(O)C3)c(CN3CCCOCC3)cc2c1. The van der Waals surface area contributed by atoms with E-state index >= 15 is 0 Å². The number of pyridine rings is 1. The quantitative estimate of drug-likeness (QED) is 0.917. The van der Waals surface area contributed by atoms with E-state index in [1.165, 1.54) is 16.5 Å². The molecular weight excluding hydrogens is 326 g/mol. The van der Waals surface area contributed by atoms with Gasteiger partial charge in [0.15, 0.2) is 0 Å². The lowest BCUT2D eigenvalue weighted by molar-refractivity contribution is 0.140. The van der Waals surface area contributed by atoms with Crippen molar-refractivity contribution in [3.8, 4) is 0 Å². The minimum atomic E-state index is -0.251. The van der Waals surface area contributed by atoms with E-state index in [4.69, 9.17) is 9.72 Å². The highest BCUT2D eigenvalue weighted by Gasteiger charge is 2.23. The van der Waals surface area contributed by atoms with E-state index in [2.05, 4.69) is 41.0 Å². The normalized spacial score (nSPS) is 22.5. The van der Waals surface area contributed by atoms with Crippen LogP contribution in [-0.4, -0.2) is 60.5 Å². The number of ether oxygens (including phenoxy) is 1. The summed E-state index contributed by atoms with van der Waals surface area (Å²) in [4.78, 5) is 9.76. The van der Waals surface area contributed by atoms with Gasteiger partial charge in [-0.3, -0.25) is 4.90 Å². The Morgan fingerprint density at radius 2 is 2.08 bits per heavy atom. The highest BCUT2D eigenvalue weighted by molar-refractivity contribution is 5.82. The van der Waals surface area contributed by atoms with Crippen molar-refractivity contribution in [3.63, 3.8) is 0 Å². The van der Waals surface area contributed by atoms with Crippen LogP contribution >= 0.6 is 0 Å². The summed E-state index contributed by atoms with van der Waals surface area (Å²) in [7, 11) is 0. The van der Waals surface area contributed by atoms with Gasteiger partial charge in [0.2, 0.25) is 0 Å². The Kier molecular flexibility index (Phi) is 5.38. The van der Waals surface area contributed by atoms with E-state index in [9.17, 15) is 5.11 Å². The van der Waals surface area contributed by atoms with E-state index in [0.717, 1.165) is 70.0 Å². The van der Waals surface area contributed by atoms with Gasteiger partial charge in [-0.15, -0.1) is 0 Å². The van der Waals surface area contributed by atoms with Crippen LogP contribution in [0, 0.1) is 6.92 Å². The number of β-amino-alcohol motifs (C(OH)–C–C–N with tert-alkyl or cyclic N) is 1. The predicted octanol–water partition coefficient (Wildman–Crippen LogP) is 2.73. The molecule has 1 aromatic heterocycles. The molecule has 5 heteroatoms. The highest BCUT2D eigenvalue weighted by Crippen LogP contribution is 2.28. The first-order chi connectivity index (χ1) is 12.7. The summed E-state index contributed by atoms with van der Waals surface area (Å²) < 4.78 is 5.61. The Morgan fingerprint density at radius 3 is 2.96 bits per heavy atom. The van der Waals surface area contributed by atoms with E-state index in [0.29, 0.717) is 6.54 Å². The maximum atomic E-state index is 10.1. The molecular formula is C21H29N3O2. The van der Waals surface area contributed by atoms with Crippen LogP contribution in [0.1, 0.15) is 30.4 Å². The summed E-state index contributed by atoms with van der Waals surface area (Å²) in [5, 5.41) is 11.3. The average Bonchev–Trinajstić information content (AvgIpc) is 2.90. The van der Waals surface area contributed by atoms with E-state index in [1.54, 1.807) is 0 Å². The van der Waals surface area contributed by atoms with Gasteiger partial charge in [-0.25, -0.2) is 4.98 Å². The molecule has 0 spiro atoms. The second-order valence-electron chi connectivity index (χ2n) is 7.65. The van der Waals surface area contributed by atoms with Crippen molar-refractivity contribution >= 4 is 16.7 Å². The fourth-order valence-corrected chi connectivity index (χ4v) is 4.06. The molecule has 5 nitrogen and oxygen atoms in total. The Hall–Kier alpha value is -1.69. The van der Waals surface area contributed by atoms with Crippen LogP contribution in [0.25, 0.3) is 10.9 Å². The molecule has 4 rings (SSSR count). The van der Waals surface area contributed by atoms with Crippen molar-refractivity contribution in [2.24, 2.45) is 0 Å². The Bertz CT molecular complexity index is 756. The predicted molar refractivity (Wildman–Crippen MR) is 105 cm³/mol. The third-order valence-corrected chi connectivity index (χ3v) is 5.43. The van der Waals surface area contributed by atoms with Crippen molar-refractivity contribution in [1.82, 2.24) is 9.88 Å². The monoisotopic (exact) mass is 355 g/mol. The van der Waals surface area contributed by atoms with E-state index < -0.39 is 0 Å². The first-order valence-electron chi connectivity index (χ1n) is 9.82. The number of rotatable bonds is 3. The van der Waals surface area contributed by atoms with Crippen molar-refractivity contribution < 1.29 is 9.84 Å². The summed E-state index contributed by atoms with van der Waals surface area (Å²) in [6.07, 6.45) is 2.74. The Labute approximate surface area is 155 Å². The largest absolute Gasteiger partial charge is 0.391 e. The standard InChI is InChI=1S/C21H29N3O2/c1-16-5-6-20-17(12-16)13-18(14-23-7-3-10-26-11-9-23)21(22-20)24-8-2-4-19(25)15-24/h5-6,12-13,19,25H,2-4,7-11,14-15H2,1H3. The molecule has 2 aromatic rings. The number of hydrogen-bond acceptors (Lipinski definition) is 5. The number of nitrogens with zero attached hydrogens (tertiary/aromatic N) is 3. The fourth-order valence-electron chi connectivity index (χ4n) is 4.06. The zero-order valence-electron chi connectivity index (χ0n) is 15.7. The molecule has 0 amide bonds. The highest BCUT2D eigenvalue weighted by atomic mass is 16.5. The summed E-state index contributed by atoms with van der Waals surface area (Å²) in [6.45, 7) is 8.36. The number of piperidine rings is 1. The molecule has 2 saturated heterocycles. The lowest BCUT2D eigenvalue weighted by Gasteiger charge is -2.33. The number of fused-ring (bicyclic) bond motifs is 1. The van der Waals surface area contributed by atoms with Crippen LogP contribution in [0.15, 0.2) is 24.3 Å². The Morgan fingerprint density at radius 1 is 1.15 bits per heavy atom. The van der Waals surface area contributed by atoms with Crippen LogP contribution in [0.4, 0.5) is 5.82 Å². The van der Waals surface area contributed by atoms with Gasteiger partial charge in [0.25, 0.3) is 0 Å². The zero-order chi connectivity index (χ0) is 17.9. The number of aryl methyl sites for hydroxylation is 1. The molecule has 1 atom stereocenters. The number of benzene rings is 1. The van der Waals surface area contributed by atoms with Crippen molar-refractivity contribution in [2.75, 3.05) is 44.3 Å². The number of aliphatic hydroxyl groups excluding tert-OH is 1. The van der Waals surface area contributed by atoms with Crippen LogP contribution in [0.5, 0.6) is 0 Å². The summed E-state index contributed by atoms with van der Waals surface area (Å²) in [5.41, 5.74) is 3.56. The molecule has 0 aliphatic carbocycles. The van der Waals surface area contributed by atoms with Gasteiger partial charge in [-0.1, -0.05) is 11.6 Å². The molecule has 1 aromatic carbocycles. The molecule has 0 bridgehead atoms. The smallest absolute Gasteiger partial charge is 0.133 e. The molecule has 1 unspecified atom stereocenters. The first kappa shape index (κ1) is 17.7. The number of aromatic nitrogens is 1. The number of aliphatic hydroxyl groups is 1. The maximum Gasteiger partial charge on any atom is 0.133 e. The lowest BCUT2D eigenvalue weighted by atomic mass is 10.1. The van der Waals surface area contributed by atoms with Gasteiger partial charge in [0, 0.05) is 50.3 Å². The summed E-state index contributed by atoms with van der Waals surface area (Å²) in [6, 6.07) is 8.75. The number of anilines is 1. The second kappa shape index (κ2) is 7.91. The maximum absolute atomic E-state index is 10.1. The third kappa shape index (κ3) is 4.00. The number of hydrogen-bond donors (Lipinski definition) is 1. The van der Waals surface area contributed by atoms with Gasteiger partial charge in [0.05, 0.1) is 18.2 Å².